The van der Waals surface area contributed by atoms with E-state index in [0.29, 0.717) is 6.54 Å². The number of piperazine rings is 1. The lowest BCUT2D eigenvalue weighted by Gasteiger charge is -2.35. The minimum Gasteiger partial charge on any atom is -0.353 e. The van der Waals surface area contributed by atoms with Crippen LogP contribution in [0.2, 0.25) is 0 Å². The van der Waals surface area contributed by atoms with Crippen LogP contribution in [0.15, 0.2) is 41.6 Å². The van der Waals surface area contributed by atoms with Gasteiger partial charge in [-0.3, -0.25) is 9.69 Å². The Labute approximate surface area is 151 Å². The summed E-state index contributed by atoms with van der Waals surface area (Å²) in [7, 11) is 0. The van der Waals surface area contributed by atoms with Crippen molar-refractivity contribution in [3.8, 4) is 0 Å². The Morgan fingerprint density at radius 1 is 1.00 bits per heavy atom. The molecule has 0 N–H and O–H groups in total. The molecule has 0 unspecified atom stereocenters. The number of aromatic nitrogens is 5. The standard InChI is InChI=1S/C18H21N7O/c1-14-4-5-16(26)25(22-14)12-9-23-7-10-24(11-8-23)18-15-3-2-6-19-17(15)20-13-21-18/h2-6,13H,7-12H2,1H3. The molecule has 4 heterocycles. The van der Waals surface area contributed by atoms with Crippen LogP contribution in [0.1, 0.15) is 5.69 Å². The highest BCUT2D eigenvalue weighted by molar-refractivity contribution is 5.86. The summed E-state index contributed by atoms with van der Waals surface area (Å²) >= 11 is 0. The summed E-state index contributed by atoms with van der Waals surface area (Å²) in [5.74, 6) is 0.944. The van der Waals surface area contributed by atoms with Gasteiger partial charge >= 0.3 is 0 Å². The maximum absolute atomic E-state index is 11.9. The van der Waals surface area contributed by atoms with E-state index in [2.05, 4.69) is 29.9 Å². The van der Waals surface area contributed by atoms with E-state index in [-0.39, 0.29) is 5.56 Å². The molecular formula is C18H21N7O. The summed E-state index contributed by atoms with van der Waals surface area (Å²) < 4.78 is 1.55. The van der Waals surface area contributed by atoms with E-state index in [1.807, 2.05) is 19.1 Å². The van der Waals surface area contributed by atoms with Gasteiger partial charge in [0.1, 0.15) is 12.1 Å². The second-order valence-electron chi connectivity index (χ2n) is 6.44. The highest BCUT2D eigenvalue weighted by atomic mass is 16.1. The molecule has 0 radical (unpaired) electrons. The molecule has 0 saturated carbocycles. The van der Waals surface area contributed by atoms with Gasteiger partial charge in [0.05, 0.1) is 17.6 Å². The zero-order chi connectivity index (χ0) is 17.9. The summed E-state index contributed by atoms with van der Waals surface area (Å²) in [6.45, 7) is 6.94. The maximum Gasteiger partial charge on any atom is 0.266 e. The van der Waals surface area contributed by atoms with E-state index in [1.165, 1.54) is 0 Å². The summed E-state index contributed by atoms with van der Waals surface area (Å²) in [6, 6.07) is 7.25. The zero-order valence-electron chi connectivity index (χ0n) is 14.7. The topological polar surface area (TPSA) is 80.0 Å². The minimum atomic E-state index is -0.0470. The zero-order valence-corrected chi connectivity index (χ0v) is 14.7. The minimum absolute atomic E-state index is 0.0470. The van der Waals surface area contributed by atoms with Crippen LogP contribution in [0.25, 0.3) is 11.0 Å². The molecule has 1 aliphatic heterocycles. The Bertz CT molecular complexity index is 958. The Hall–Kier alpha value is -2.87. The third-order valence-electron chi connectivity index (χ3n) is 4.69. The molecule has 0 aliphatic carbocycles. The van der Waals surface area contributed by atoms with E-state index in [9.17, 15) is 4.79 Å². The number of hydrogen-bond acceptors (Lipinski definition) is 7. The highest BCUT2D eigenvalue weighted by Gasteiger charge is 2.20. The fourth-order valence-corrected chi connectivity index (χ4v) is 3.26. The van der Waals surface area contributed by atoms with E-state index in [4.69, 9.17) is 0 Å². The number of fused-ring (bicyclic) bond motifs is 1. The third-order valence-corrected chi connectivity index (χ3v) is 4.69. The molecule has 1 fully saturated rings. The van der Waals surface area contributed by atoms with Crippen molar-refractivity contribution < 1.29 is 0 Å². The lowest BCUT2D eigenvalue weighted by molar-refractivity contribution is 0.242. The SMILES string of the molecule is Cc1ccc(=O)n(CCN2CCN(c3ncnc4ncccc34)CC2)n1. The molecule has 1 aliphatic rings. The first-order valence-corrected chi connectivity index (χ1v) is 8.78. The van der Waals surface area contributed by atoms with Crippen LogP contribution >= 0.6 is 0 Å². The molecule has 0 amide bonds. The van der Waals surface area contributed by atoms with Crippen LogP contribution in [0, 0.1) is 6.92 Å². The van der Waals surface area contributed by atoms with Crippen molar-refractivity contribution in [2.45, 2.75) is 13.5 Å². The quantitative estimate of drug-likeness (QED) is 0.685. The second kappa shape index (κ2) is 7.17. The van der Waals surface area contributed by atoms with E-state index in [0.717, 1.165) is 55.3 Å². The fourth-order valence-electron chi connectivity index (χ4n) is 3.26. The molecular weight excluding hydrogens is 330 g/mol. The van der Waals surface area contributed by atoms with E-state index >= 15 is 0 Å². The Morgan fingerprint density at radius 2 is 1.85 bits per heavy atom. The molecule has 134 valence electrons. The summed E-state index contributed by atoms with van der Waals surface area (Å²) in [5.41, 5.74) is 1.54. The van der Waals surface area contributed by atoms with Crippen molar-refractivity contribution in [3.05, 3.63) is 52.8 Å². The van der Waals surface area contributed by atoms with Gasteiger partial charge in [-0.1, -0.05) is 0 Å². The largest absolute Gasteiger partial charge is 0.353 e. The smallest absolute Gasteiger partial charge is 0.266 e. The fraction of sp³-hybridized carbons (Fsp3) is 0.389. The van der Waals surface area contributed by atoms with Gasteiger partial charge in [-0.25, -0.2) is 19.6 Å². The first kappa shape index (κ1) is 16.6. The predicted octanol–water partition coefficient (Wildman–Crippen LogP) is 0.712. The second-order valence-corrected chi connectivity index (χ2v) is 6.44. The van der Waals surface area contributed by atoms with Crippen molar-refractivity contribution in [3.63, 3.8) is 0 Å². The van der Waals surface area contributed by atoms with Crippen LogP contribution in [0.5, 0.6) is 0 Å². The number of pyridine rings is 1. The van der Waals surface area contributed by atoms with Crippen LogP contribution in [-0.4, -0.2) is 62.4 Å². The van der Waals surface area contributed by atoms with Crippen molar-refractivity contribution >= 4 is 16.9 Å². The van der Waals surface area contributed by atoms with Crippen molar-refractivity contribution in [1.82, 2.24) is 29.6 Å². The van der Waals surface area contributed by atoms with Crippen LogP contribution in [0.3, 0.4) is 0 Å². The molecule has 0 atom stereocenters. The summed E-state index contributed by atoms with van der Waals surface area (Å²) in [5, 5.41) is 5.28. The number of aryl methyl sites for hydroxylation is 1. The average molecular weight is 351 g/mol. The third kappa shape index (κ3) is 3.41. The first-order chi connectivity index (χ1) is 12.7. The number of hydrogen-bond donors (Lipinski definition) is 0. The van der Waals surface area contributed by atoms with E-state index < -0.39 is 0 Å². The molecule has 3 aromatic heterocycles. The number of anilines is 1. The lowest BCUT2D eigenvalue weighted by Crippen LogP contribution is -2.48. The van der Waals surface area contributed by atoms with Gasteiger partial charge < -0.3 is 4.90 Å². The van der Waals surface area contributed by atoms with Gasteiger partial charge in [-0.05, 0) is 25.1 Å². The van der Waals surface area contributed by atoms with Crippen LogP contribution < -0.4 is 10.5 Å². The molecule has 3 aromatic rings. The summed E-state index contributed by atoms with van der Waals surface area (Å²) in [4.78, 5) is 29.5. The van der Waals surface area contributed by atoms with Gasteiger partial charge in [0.2, 0.25) is 0 Å². The molecule has 1 saturated heterocycles. The van der Waals surface area contributed by atoms with Gasteiger partial charge in [-0.2, -0.15) is 5.10 Å². The molecule has 0 aromatic carbocycles. The number of rotatable bonds is 4. The van der Waals surface area contributed by atoms with Gasteiger partial charge in [0.15, 0.2) is 5.65 Å². The highest BCUT2D eigenvalue weighted by Crippen LogP contribution is 2.22. The summed E-state index contributed by atoms with van der Waals surface area (Å²) in [6.07, 6.45) is 3.32. The maximum atomic E-state index is 11.9. The molecule has 8 heteroatoms. The van der Waals surface area contributed by atoms with Crippen molar-refractivity contribution in [2.24, 2.45) is 0 Å². The average Bonchev–Trinajstić information content (AvgIpc) is 2.69. The molecule has 0 spiro atoms. The number of nitrogens with zero attached hydrogens (tertiary/aromatic N) is 7. The van der Waals surface area contributed by atoms with Gasteiger partial charge in [-0.15, -0.1) is 0 Å². The van der Waals surface area contributed by atoms with Crippen LogP contribution in [0.4, 0.5) is 5.82 Å². The van der Waals surface area contributed by atoms with Crippen molar-refractivity contribution in [1.29, 1.82) is 0 Å². The van der Waals surface area contributed by atoms with Crippen molar-refractivity contribution in [2.75, 3.05) is 37.6 Å². The molecule has 8 nitrogen and oxygen atoms in total. The monoisotopic (exact) mass is 351 g/mol. The van der Waals surface area contributed by atoms with Gasteiger partial charge in [0, 0.05) is 45.0 Å². The predicted molar refractivity (Wildman–Crippen MR) is 99.2 cm³/mol. The van der Waals surface area contributed by atoms with Gasteiger partial charge in [0.25, 0.3) is 5.56 Å². The Kier molecular flexibility index (Phi) is 4.57. The molecule has 26 heavy (non-hydrogen) atoms. The molecule has 0 bridgehead atoms. The lowest BCUT2D eigenvalue weighted by atomic mass is 10.2. The molecule has 4 rings (SSSR count). The Balaban J connectivity index is 1.39. The normalized spacial score (nSPS) is 15.5. The van der Waals surface area contributed by atoms with E-state index in [1.54, 1.807) is 29.3 Å². The Morgan fingerprint density at radius 3 is 2.69 bits per heavy atom. The van der Waals surface area contributed by atoms with Crippen LogP contribution in [-0.2, 0) is 6.54 Å². The first-order valence-electron chi connectivity index (χ1n) is 8.78.